The number of hydrogen-bond acceptors (Lipinski definition) is 7. The topological polar surface area (TPSA) is 99.5 Å². The third-order valence-electron chi connectivity index (χ3n) is 5.12. The largest absolute Gasteiger partial charge is 0.495 e. The number of para-hydroxylation sites is 3. The van der Waals surface area contributed by atoms with Gasteiger partial charge in [-0.15, -0.1) is 0 Å². The van der Waals surface area contributed by atoms with Crippen molar-refractivity contribution in [2.24, 2.45) is 5.92 Å². The van der Waals surface area contributed by atoms with Crippen molar-refractivity contribution in [3.63, 3.8) is 0 Å². The number of thioether (sulfide) groups is 1. The molecule has 0 radical (unpaired) electrons. The van der Waals surface area contributed by atoms with E-state index in [1.807, 2.05) is 6.07 Å². The molecule has 0 aliphatic carbocycles. The van der Waals surface area contributed by atoms with Crippen molar-refractivity contribution >= 4 is 40.2 Å². The van der Waals surface area contributed by atoms with Gasteiger partial charge in [0.1, 0.15) is 5.75 Å². The minimum atomic E-state index is -1.01. The van der Waals surface area contributed by atoms with Crippen LogP contribution in [0.25, 0.3) is 10.9 Å². The number of methoxy groups -OCH3 is 1. The van der Waals surface area contributed by atoms with Gasteiger partial charge in [-0.1, -0.05) is 49.9 Å². The lowest BCUT2D eigenvalue weighted by molar-refractivity contribution is -0.150. The summed E-state index contributed by atoms with van der Waals surface area (Å²) in [4.78, 5) is 42.6. The van der Waals surface area contributed by atoms with Crippen molar-refractivity contribution in [2.75, 3.05) is 18.2 Å². The summed E-state index contributed by atoms with van der Waals surface area (Å²) in [5, 5.41) is 3.69. The van der Waals surface area contributed by atoms with E-state index in [0.29, 0.717) is 40.0 Å². The number of hydrogen-bond donors (Lipinski definition) is 1. The Kier molecular flexibility index (Phi) is 8.70. The van der Waals surface area contributed by atoms with Crippen LogP contribution in [0.1, 0.15) is 27.2 Å². The second kappa shape index (κ2) is 11.7. The number of esters is 1. The molecule has 9 heteroatoms. The quantitative estimate of drug-likeness (QED) is 0.263. The molecule has 0 aliphatic rings. The minimum absolute atomic E-state index is 0.0846. The van der Waals surface area contributed by atoms with Gasteiger partial charge >= 0.3 is 5.97 Å². The number of nitrogens with one attached hydrogen (secondary N) is 1. The Balaban J connectivity index is 1.67. The highest BCUT2D eigenvalue weighted by atomic mass is 32.2. The van der Waals surface area contributed by atoms with Gasteiger partial charge in [0.05, 0.1) is 29.5 Å². The second-order valence-electron chi connectivity index (χ2n) is 8.16. The summed E-state index contributed by atoms with van der Waals surface area (Å²) in [6.07, 6.45) is -0.205. The third kappa shape index (κ3) is 6.38. The average molecular weight is 484 g/mol. The van der Waals surface area contributed by atoms with E-state index in [-0.39, 0.29) is 11.3 Å². The Morgan fingerprint density at radius 2 is 1.79 bits per heavy atom. The highest BCUT2D eigenvalue weighted by Crippen LogP contribution is 2.23. The number of carbonyl (C=O) groups is 2. The Bertz CT molecular complexity index is 1220. The van der Waals surface area contributed by atoms with Crippen molar-refractivity contribution < 1.29 is 19.1 Å². The molecule has 0 fully saturated rings. The number of anilines is 1. The summed E-state index contributed by atoms with van der Waals surface area (Å²) in [6, 6.07) is 14.1. The molecule has 0 saturated carbocycles. The maximum absolute atomic E-state index is 13.0. The number of aromatic nitrogens is 2. The van der Waals surface area contributed by atoms with E-state index in [1.165, 1.54) is 14.0 Å². The molecule has 2 aromatic carbocycles. The number of rotatable bonds is 10. The SMILES string of the molecule is COc1ccccc1NC(=O)C(C)OC(=O)CSc1nc2ccccc2c(=O)n1CCC(C)C. The molecule has 1 atom stereocenters. The molecule has 3 aromatic rings. The first-order chi connectivity index (χ1) is 16.3. The number of fused-ring (bicyclic) bond motifs is 1. The summed E-state index contributed by atoms with van der Waals surface area (Å²) in [6.45, 7) is 6.17. The molecule has 8 nitrogen and oxygen atoms in total. The number of ether oxygens (including phenoxy) is 2. The molecule has 1 heterocycles. The fourth-order valence-corrected chi connectivity index (χ4v) is 4.04. The van der Waals surface area contributed by atoms with Crippen LogP contribution in [0.4, 0.5) is 5.69 Å². The highest BCUT2D eigenvalue weighted by Gasteiger charge is 2.20. The zero-order valence-corrected chi connectivity index (χ0v) is 20.6. The van der Waals surface area contributed by atoms with Gasteiger partial charge < -0.3 is 14.8 Å². The van der Waals surface area contributed by atoms with Crippen molar-refractivity contribution in [3.05, 3.63) is 58.9 Å². The summed E-state index contributed by atoms with van der Waals surface area (Å²) in [7, 11) is 1.51. The number of benzene rings is 2. The molecule has 1 aromatic heterocycles. The Labute approximate surface area is 202 Å². The highest BCUT2D eigenvalue weighted by molar-refractivity contribution is 7.99. The van der Waals surface area contributed by atoms with Gasteiger partial charge in [-0.2, -0.15) is 0 Å². The van der Waals surface area contributed by atoms with E-state index in [4.69, 9.17) is 9.47 Å². The van der Waals surface area contributed by atoms with Crippen LogP contribution in [0.3, 0.4) is 0 Å². The van der Waals surface area contributed by atoms with Crippen LogP contribution in [-0.4, -0.2) is 40.4 Å². The fraction of sp³-hybridized carbons (Fsp3) is 0.360. The third-order valence-corrected chi connectivity index (χ3v) is 6.07. The zero-order chi connectivity index (χ0) is 24.7. The van der Waals surface area contributed by atoms with Crippen molar-refractivity contribution in [1.29, 1.82) is 0 Å². The Morgan fingerprint density at radius 1 is 1.09 bits per heavy atom. The number of carbonyl (C=O) groups excluding carboxylic acids is 2. The second-order valence-corrected chi connectivity index (χ2v) is 9.10. The van der Waals surface area contributed by atoms with Gasteiger partial charge in [0.25, 0.3) is 11.5 Å². The molecule has 1 amide bonds. The summed E-state index contributed by atoms with van der Waals surface area (Å²) >= 11 is 1.13. The van der Waals surface area contributed by atoms with Crippen LogP contribution in [0.2, 0.25) is 0 Å². The van der Waals surface area contributed by atoms with Crippen LogP contribution in [0, 0.1) is 5.92 Å². The van der Waals surface area contributed by atoms with Crippen LogP contribution in [0.5, 0.6) is 5.75 Å². The predicted molar refractivity (Wildman–Crippen MR) is 133 cm³/mol. The van der Waals surface area contributed by atoms with Crippen molar-refractivity contribution in [2.45, 2.75) is 45.0 Å². The molecule has 180 valence electrons. The van der Waals surface area contributed by atoms with E-state index in [0.717, 1.165) is 18.2 Å². The first-order valence-electron chi connectivity index (χ1n) is 11.1. The van der Waals surface area contributed by atoms with E-state index in [1.54, 1.807) is 47.0 Å². The van der Waals surface area contributed by atoms with Crippen molar-refractivity contribution in [3.8, 4) is 5.75 Å². The summed E-state index contributed by atoms with van der Waals surface area (Å²) in [5.41, 5.74) is 0.933. The predicted octanol–water partition coefficient (Wildman–Crippen LogP) is 4.11. The monoisotopic (exact) mass is 483 g/mol. The molecule has 0 bridgehead atoms. The van der Waals surface area contributed by atoms with E-state index >= 15 is 0 Å². The van der Waals surface area contributed by atoms with Crippen LogP contribution < -0.4 is 15.6 Å². The maximum Gasteiger partial charge on any atom is 0.317 e. The lowest BCUT2D eigenvalue weighted by Crippen LogP contribution is -2.31. The Hall–Kier alpha value is -3.33. The van der Waals surface area contributed by atoms with Gasteiger partial charge in [-0.3, -0.25) is 19.0 Å². The smallest absolute Gasteiger partial charge is 0.317 e. The summed E-state index contributed by atoms with van der Waals surface area (Å²) < 4.78 is 12.1. The van der Waals surface area contributed by atoms with Crippen LogP contribution in [-0.2, 0) is 20.9 Å². The molecule has 0 spiro atoms. The molecule has 34 heavy (non-hydrogen) atoms. The van der Waals surface area contributed by atoms with Gasteiger partial charge in [0.15, 0.2) is 11.3 Å². The van der Waals surface area contributed by atoms with Gasteiger partial charge in [0, 0.05) is 6.54 Å². The standard InChI is InChI=1S/C25H29N3O5S/c1-16(2)13-14-28-24(31)18-9-5-6-10-19(18)27-25(28)34-15-22(29)33-17(3)23(30)26-20-11-7-8-12-21(20)32-4/h5-12,16-17H,13-15H2,1-4H3,(H,26,30). The van der Waals surface area contributed by atoms with Gasteiger partial charge in [-0.25, -0.2) is 4.98 Å². The maximum atomic E-state index is 13.0. The fourth-order valence-electron chi connectivity index (χ4n) is 3.23. The molecular weight excluding hydrogens is 454 g/mol. The zero-order valence-electron chi connectivity index (χ0n) is 19.7. The molecule has 0 aliphatic heterocycles. The molecule has 1 N–H and O–H groups in total. The molecular formula is C25H29N3O5S. The van der Waals surface area contributed by atoms with E-state index in [2.05, 4.69) is 24.1 Å². The average Bonchev–Trinajstić information content (AvgIpc) is 2.82. The van der Waals surface area contributed by atoms with Crippen molar-refractivity contribution in [1.82, 2.24) is 9.55 Å². The molecule has 0 saturated heterocycles. The lowest BCUT2D eigenvalue weighted by Gasteiger charge is -2.16. The normalized spacial score (nSPS) is 11.9. The summed E-state index contributed by atoms with van der Waals surface area (Å²) in [5.74, 6) is -0.222. The number of amides is 1. The lowest BCUT2D eigenvalue weighted by atomic mass is 10.1. The van der Waals surface area contributed by atoms with E-state index in [9.17, 15) is 14.4 Å². The van der Waals surface area contributed by atoms with Crippen LogP contribution in [0.15, 0.2) is 58.5 Å². The first-order valence-corrected chi connectivity index (χ1v) is 12.0. The Morgan fingerprint density at radius 3 is 2.53 bits per heavy atom. The van der Waals surface area contributed by atoms with Gasteiger partial charge in [0.2, 0.25) is 0 Å². The van der Waals surface area contributed by atoms with Gasteiger partial charge in [-0.05, 0) is 43.5 Å². The minimum Gasteiger partial charge on any atom is -0.495 e. The number of nitrogens with zero attached hydrogens (tertiary/aromatic N) is 2. The molecule has 1 unspecified atom stereocenters. The first kappa shape index (κ1) is 25.3. The van der Waals surface area contributed by atoms with Crippen LogP contribution >= 0.6 is 11.8 Å². The molecule has 3 rings (SSSR count). The van der Waals surface area contributed by atoms with E-state index < -0.39 is 18.0 Å².